The van der Waals surface area contributed by atoms with Crippen LogP contribution in [-0.2, 0) is 37.3 Å². The summed E-state index contributed by atoms with van der Waals surface area (Å²) in [5, 5.41) is 0. The van der Waals surface area contributed by atoms with E-state index in [1.165, 1.54) is 0 Å². The summed E-state index contributed by atoms with van der Waals surface area (Å²) >= 11 is 0. The second-order valence-corrected chi connectivity index (χ2v) is 10.0. The van der Waals surface area contributed by atoms with Gasteiger partial charge in [-0.1, -0.05) is 53.7 Å². The van der Waals surface area contributed by atoms with Gasteiger partial charge in [-0.05, 0) is 17.5 Å². The van der Waals surface area contributed by atoms with E-state index in [9.17, 15) is 0 Å². The first-order valence-corrected chi connectivity index (χ1v) is 10.9. The van der Waals surface area contributed by atoms with Gasteiger partial charge in [0.05, 0.1) is 11.4 Å². The molecule has 0 aliphatic carbocycles. The number of rotatable bonds is 0. The Balaban J connectivity index is 0.00000289. The topological polar surface area (TPSA) is 24.7 Å². The summed E-state index contributed by atoms with van der Waals surface area (Å²) in [5.74, 6) is 0. The number of para-hydroxylation sites is 2. The maximum atomic E-state index is 4.85. The van der Waals surface area contributed by atoms with Gasteiger partial charge in [0, 0.05) is 23.3 Å². The molecule has 1 heterocycles. The van der Waals surface area contributed by atoms with Crippen molar-refractivity contribution >= 4 is 23.8 Å². The summed E-state index contributed by atoms with van der Waals surface area (Å²) < 4.78 is 0. The average molecular weight is 602 g/mol. The molecule has 4 rings (SSSR count). The van der Waals surface area contributed by atoms with Crippen LogP contribution in [0.25, 0.3) is 0 Å². The van der Waals surface area contributed by atoms with Crippen molar-refractivity contribution < 1.29 is 21.1 Å². The molecule has 1 aliphatic rings. The van der Waals surface area contributed by atoms with Crippen LogP contribution in [0.2, 0.25) is 0 Å². The molecule has 0 N–H and O–H groups in total. The number of hydrogen-bond donors (Lipinski definition) is 0. The average Bonchev–Trinajstić information content (AvgIpc) is 2.76. The molecule has 32 heavy (non-hydrogen) atoms. The summed E-state index contributed by atoms with van der Waals surface area (Å²) in [4.78, 5) is 9.70. The molecule has 0 amide bonds. The zero-order valence-corrected chi connectivity index (χ0v) is 21.9. The third kappa shape index (κ3) is 4.71. The molecule has 0 saturated heterocycles. The molecule has 3 heteroatoms. The van der Waals surface area contributed by atoms with Gasteiger partial charge in [-0.15, -0.1) is 0 Å². The summed E-state index contributed by atoms with van der Waals surface area (Å²) in [6.45, 7) is 13.2. The van der Waals surface area contributed by atoms with Gasteiger partial charge in [0.25, 0.3) is 0 Å². The Morgan fingerprint density at radius 3 is 1.31 bits per heavy atom. The van der Waals surface area contributed by atoms with E-state index in [-0.39, 0.29) is 37.3 Å². The first-order valence-electron chi connectivity index (χ1n) is 10.9. The van der Waals surface area contributed by atoms with E-state index in [4.69, 9.17) is 9.98 Å². The number of hydrogen-bond acceptors (Lipinski definition) is 2. The maximum absolute atomic E-state index is 4.85. The van der Waals surface area contributed by atoms with Crippen molar-refractivity contribution in [2.24, 2.45) is 9.98 Å². The molecular formula is C29H30N2Pt. The Labute approximate surface area is 207 Å². The van der Waals surface area contributed by atoms with Crippen LogP contribution >= 0.6 is 0 Å². The molecule has 3 aromatic carbocycles. The van der Waals surface area contributed by atoms with Gasteiger partial charge in [-0.3, -0.25) is 9.98 Å². The second-order valence-electron chi connectivity index (χ2n) is 10.0. The maximum Gasteiger partial charge on any atom is 2.00 e. The van der Waals surface area contributed by atoms with Crippen LogP contribution in [0.15, 0.2) is 70.6 Å². The largest absolute Gasteiger partial charge is 2.00 e. The summed E-state index contributed by atoms with van der Waals surface area (Å²) in [6, 6.07) is 28.3. The summed E-state index contributed by atoms with van der Waals surface area (Å²) in [5.41, 5.74) is 5.52. The first-order chi connectivity index (χ1) is 14.6. The number of aliphatic imine (C=N–C) groups is 2. The third-order valence-corrected chi connectivity index (χ3v) is 6.26. The van der Waals surface area contributed by atoms with Gasteiger partial charge < -0.3 is 0 Å². The van der Waals surface area contributed by atoms with Crippen LogP contribution in [0.3, 0.4) is 0 Å². The quantitative estimate of drug-likeness (QED) is 0.242. The Morgan fingerprint density at radius 1 is 0.531 bits per heavy atom. The van der Waals surface area contributed by atoms with E-state index in [0.717, 1.165) is 33.6 Å². The Hall–Kier alpha value is -2.31. The van der Waals surface area contributed by atoms with Crippen molar-refractivity contribution in [2.75, 3.05) is 0 Å². The number of fused-ring (bicyclic) bond motifs is 5. The van der Waals surface area contributed by atoms with Crippen LogP contribution in [0.4, 0.5) is 11.4 Å². The molecule has 2 nitrogen and oxygen atoms in total. The number of benzene rings is 3. The van der Waals surface area contributed by atoms with Gasteiger partial charge in [-0.25, -0.2) is 0 Å². The smallest absolute Gasteiger partial charge is 0.258 e. The molecule has 0 aromatic heterocycles. The fraction of sp³-hybridized carbons (Fsp3) is 0.310. The van der Waals surface area contributed by atoms with Crippen LogP contribution in [0.1, 0.15) is 63.8 Å². The number of nitrogens with zero attached hydrogens (tertiary/aromatic N) is 2. The molecule has 166 valence electrons. The van der Waals surface area contributed by atoms with Crippen molar-refractivity contribution in [1.29, 1.82) is 0 Å². The SMILES string of the molecule is CC1(C)C=Nc2ccccc2N=CC(C)(C)c2[c-]c(ccc2)C(C)(C)c2[c-]c1ccc2.[Pt+2]. The van der Waals surface area contributed by atoms with Crippen molar-refractivity contribution in [3.05, 3.63) is 95.1 Å². The van der Waals surface area contributed by atoms with Crippen molar-refractivity contribution in [1.82, 2.24) is 0 Å². The summed E-state index contributed by atoms with van der Waals surface area (Å²) in [7, 11) is 0. The molecule has 4 bridgehead atoms. The van der Waals surface area contributed by atoms with E-state index in [2.05, 4.69) is 90.1 Å². The normalized spacial score (nSPS) is 17.9. The van der Waals surface area contributed by atoms with Crippen molar-refractivity contribution in [3.8, 4) is 0 Å². The van der Waals surface area contributed by atoms with E-state index >= 15 is 0 Å². The van der Waals surface area contributed by atoms with Gasteiger partial charge >= 0.3 is 21.1 Å². The zero-order chi connectivity index (χ0) is 22.3. The van der Waals surface area contributed by atoms with Crippen LogP contribution in [0, 0.1) is 12.1 Å². The molecule has 1 aliphatic heterocycles. The molecule has 0 unspecified atom stereocenters. The van der Waals surface area contributed by atoms with Crippen molar-refractivity contribution in [2.45, 2.75) is 57.8 Å². The van der Waals surface area contributed by atoms with Crippen molar-refractivity contribution in [3.63, 3.8) is 0 Å². The van der Waals surface area contributed by atoms with E-state index in [0.29, 0.717) is 0 Å². The zero-order valence-electron chi connectivity index (χ0n) is 19.6. The standard InChI is InChI=1S/C29H30N2.Pt/c1-27(2)19-30-25-15-7-8-16-26(25)31-20-28(3,4)22-12-10-14-24(18-22)29(5,6)23-13-9-11-21(27)17-23;/h7-16,19-20H,1-6H3;/q-2;+2. The monoisotopic (exact) mass is 601 g/mol. The minimum atomic E-state index is -0.270. The second kappa shape index (κ2) is 8.91. The molecular weight excluding hydrogens is 571 g/mol. The Bertz CT molecular complexity index is 1080. The minimum absolute atomic E-state index is 0. The molecule has 0 radical (unpaired) electrons. The van der Waals surface area contributed by atoms with Gasteiger partial charge in [-0.2, -0.15) is 70.8 Å². The summed E-state index contributed by atoms with van der Waals surface area (Å²) in [6.07, 6.45) is 4.03. The third-order valence-electron chi connectivity index (χ3n) is 6.26. The van der Waals surface area contributed by atoms with Crippen LogP contribution in [-0.4, -0.2) is 12.4 Å². The van der Waals surface area contributed by atoms with Gasteiger partial charge in [0.2, 0.25) is 0 Å². The Morgan fingerprint density at radius 2 is 0.906 bits per heavy atom. The molecule has 3 aromatic rings. The van der Waals surface area contributed by atoms with E-state index < -0.39 is 0 Å². The Kier molecular flexibility index (Phi) is 6.77. The predicted octanol–water partition coefficient (Wildman–Crippen LogP) is 7.28. The first kappa shape index (κ1) is 24.3. The minimum Gasteiger partial charge on any atom is -0.258 e. The van der Waals surface area contributed by atoms with E-state index in [1.807, 2.05) is 36.7 Å². The van der Waals surface area contributed by atoms with Crippen LogP contribution < -0.4 is 0 Å². The van der Waals surface area contributed by atoms with Crippen LogP contribution in [0.5, 0.6) is 0 Å². The fourth-order valence-electron chi connectivity index (χ4n) is 3.85. The fourth-order valence-corrected chi connectivity index (χ4v) is 3.85. The van der Waals surface area contributed by atoms with Gasteiger partial charge in [0.1, 0.15) is 0 Å². The van der Waals surface area contributed by atoms with Gasteiger partial charge in [0.15, 0.2) is 0 Å². The van der Waals surface area contributed by atoms with E-state index in [1.54, 1.807) is 0 Å². The predicted molar refractivity (Wildman–Crippen MR) is 131 cm³/mol. The molecule has 0 saturated carbocycles. The molecule has 0 fully saturated rings. The molecule has 0 atom stereocenters. The molecule has 0 spiro atoms.